The van der Waals surface area contributed by atoms with Crippen LogP contribution in [-0.4, -0.2) is 52.3 Å². The average Bonchev–Trinajstić information content (AvgIpc) is 2.65. The first kappa shape index (κ1) is 21.2. The van der Waals surface area contributed by atoms with Crippen molar-refractivity contribution < 1.29 is 19.7 Å². The number of likely N-dealkylation sites (N-methyl/N-ethyl adjacent to an activating group) is 1. The molecule has 7 heteroatoms. The molecular weight excluding hydrogens is 394 g/mol. The number of halogens is 1. The van der Waals surface area contributed by atoms with Crippen LogP contribution in [-0.2, 0) is 0 Å². The molecule has 1 aromatic carbocycles. The fourth-order valence-corrected chi connectivity index (χ4v) is 3.75. The van der Waals surface area contributed by atoms with Crippen LogP contribution in [0.3, 0.4) is 0 Å². The molecule has 2 heterocycles. The van der Waals surface area contributed by atoms with Gasteiger partial charge >= 0.3 is 0 Å². The Hall–Kier alpha value is -2.54. The number of phenolic OH excluding ortho intramolecular Hbond substituents is 2. The highest BCUT2D eigenvalue weighted by Crippen LogP contribution is 2.42. The molecule has 6 nitrogen and oxygen atoms in total. The zero-order valence-corrected chi connectivity index (χ0v) is 16.9. The molecule has 1 aliphatic rings. The third-order valence-corrected chi connectivity index (χ3v) is 5.28. The van der Waals surface area contributed by atoms with E-state index in [-0.39, 0.29) is 28.2 Å². The number of likely N-dealkylation sites (tertiary alicyclic amines) is 1. The molecule has 2 atom stereocenters. The molecule has 3 rings (SSSR count). The molecule has 0 amide bonds. The molecule has 1 aliphatic heterocycles. The number of hydrogen-bond acceptors (Lipinski definition) is 6. The van der Waals surface area contributed by atoms with E-state index in [1.54, 1.807) is 24.3 Å². The normalized spacial score (nSPS) is 20.8. The Morgan fingerprint density at radius 3 is 2.79 bits per heavy atom. The maximum atomic E-state index is 12.7. The number of alkyl halides is 1. The number of nitrogens with zero attached hydrogens (tertiary/aromatic N) is 1. The molecule has 1 aromatic heterocycles. The van der Waals surface area contributed by atoms with Crippen molar-refractivity contribution in [3.05, 3.63) is 64.6 Å². The SMILES string of the molecule is C=C(/C=C\C=C/CCl)c1cc(=O)c2c(O)cc(O)c([C@H]3CCN(C)C[C@H]3O)c2o1. The molecule has 2 aromatic rings. The van der Waals surface area contributed by atoms with Gasteiger partial charge in [0.2, 0.25) is 0 Å². The molecule has 1 fully saturated rings. The number of allylic oxidation sites excluding steroid dienone is 5. The first-order valence-corrected chi connectivity index (χ1v) is 9.84. The Morgan fingerprint density at radius 1 is 1.34 bits per heavy atom. The molecule has 0 bridgehead atoms. The van der Waals surface area contributed by atoms with Gasteiger partial charge in [-0.15, -0.1) is 11.6 Å². The number of hydrogen-bond donors (Lipinski definition) is 3. The van der Waals surface area contributed by atoms with Crippen molar-refractivity contribution in [2.75, 3.05) is 26.0 Å². The minimum Gasteiger partial charge on any atom is -0.507 e. The summed E-state index contributed by atoms with van der Waals surface area (Å²) in [5, 5.41) is 31.3. The summed E-state index contributed by atoms with van der Waals surface area (Å²) >= 11 is 5.59. The van der Waals surface area contributed by atoms with Gasteiger partial charge in [0, 0.05) is 41.6 Å². The van der Waals surface area contributed by atoms with Gasteiger partial charge in [-0.05, 0) is 20.0 Å². The number of aliphatic hydroxyl groups excluding tert-OH is 1. The second-order valence-electron chi connectivity index (χ2n) is 7.20. The topological polar surface area (TPSA) is 94.1 Å². The van der Waals surface area contributed by atoms with E-state index < -0.39 is 17.5 Å². The average molecular weight is 418 g/mol. The van der Waals surface area contributed by atoms with Crippen molar-refractivity contribution in [3.63, 3.8) is 0 Å². The first-order valence-electron chi connectivity index (χ1n) is 9.31. The van der Waals surface area contributed by atoms with Crippen LogP contribution >= 0.6 is 11.6 Å². The summed E-state index contributed by atoms with van der Waals surface area (Å²) in [6.45, 7) is 5.06. The van der Waals surface area contributed by atoms with Crippen LogP contribution in [0.1, 0.15) is 23.7 Å². The number of β-amino-alcohol motifs (C(OH)–C–C–N with tert-alkyl or cyclic N) is 1. The lowest BCUT2D eigenvalue weighted by Gasteiger charge is -2.34. The quantitative estimate of drug-likeness (QED) is 0.510. The van der Waals surface area contributed by atoms with Gasteiger partial charge in [0.15, 0.2) is 5.43 Å². The van der Waals surface area contributed by atoms with Crippen molar-refractivity contribution in [2.24, 2.45) is 0 Å². The molecule has 0 radical (unpaired) electrons. The van der Waals surface area contributed by atoms with Crippen LogP contribution < -0.4 is 5.43 Å². The van der Waals surface area contributed by atoms with Crippen molar-refractivity contribution in [3.8, 4) is 11.5 Å². The van der Waals surface area contributed by atoms with Crippen molar-refractivity contribution >= 4 is 28.1 Å². The maximum Gasteiger partial charge on any atom is 0.197 e. The Bertz CT molecular complexity index is 1040. The maximum absolute atomic E-state index is 12.7. The van der Waals surface area contributed by atoms with Gasteiger partial charge in [0.05, 0.1) is 6.10 Å². The molecule has 1 saturated heterocycles. The van der Waals surface area contributed by atoms with Gasteiger partial charge in [-0.25, -0.2) is 0 Å². The lowest BCUT2D eigenvalue weighted by molar-refractivity contribution is 0.0630. The number of phenols is 2. The number of aromatic hydroxyl groups is 2. The smallest absolute Gasteiger partial charge is 0.197 e. The van der Waals surface area contributed by atoms with Gasteiger partial charge in [-0.3, -0.25) is 4.79 Å². The number of benzene rings is 1. The summed E-state index contributed by atoms with van der Waals surface area (Å²) in [6, 6.07) is 2.39. The van der Waals surface area contributed by atoms with Crippen LogP contribution in [0, 0.1) is 0 Å². The highest BCUT2D eigenvalue weighted by molar-refractivity contribution is 6.18. The largest absolute Gasteiger partial charge is 0.507 e. The second-order valence-corrected chi connectivity index (χ2v) is 7.51. The fraction of sp³-hybridized carbons (Fsp3) is 0.318. The van der Waals surface area contributed by atoms with E-state index in [9.17, 15) is 20.1 Å². The zero-order valence-electron chi connectivity index (χ0n) is 16.1. The highest BCUT2D eigenvalue weighted by atomic mass is 35.5. The van der Waals surface area contributed by atoms with Crippen LogP contribution in [0.2, 0.25) is 0 Å². The van der Waals surface area contributed by atoms with Gasteiger partial charge in [-0.2, -0.15) is 0 Å². The Balaban J connectivity index is 2.15. The zero-order chi connectivity index (χ0) is 21.1. The van der Waals surface area contributed by atoms with Gasteiger partial charge < -0.3 is 24.6 Å². The standard InChI is InChI=1S/C22H24ClNO5/c1-13(6-4-3-5-8-23)19-11-17(27)21-16(26)10-15(25)20(22(21)29-19)14-7-9-24(2)12-18(14)28/h3-6,10-11,14,18,25-26,28H,1,7-9,12H2,2H3/b5-3-,6-4-/t14-,18+/m0/s1. The third-order valence-electron chi connectivity index (χ3n) is 5.10. The summed E-state index contributed by atoms with van der Waals surface area (Å²) in [4.78, 5) is 14.7. The summed E-state index contributed by atoms with van der Waals surface area (Å²) in [6.07, 6.45) is 6.71. The van der Waals surface area contributed by atoms with Crippen LogP contribution in [0.4, 0.5) is 0 Å². The molecule has 0 spiro atoms. The predicted molar refractivity (Wildman–Crippen MR) is 115 cm³/mol. The van der Waals surface area contributed by atoms with Crippen molar-refractivity contribution in [1.29, 1.82) is 0 Å². The van der Waals surface area contributed by atoms with E-state index in [1.807, 2.05) is 11.9 Å². The lowest BCUT2D eigenvalue weighted by Crippen LogP contribution is -2.40. The van der Waals surface area contributed by atoms with Crippen molar-refractivity contribution in [1.82, 2.24) is 4.90 Å². The minimum atomic E-state index is -0.745. The highest BCUT2D eigenvalue weighted by Gasteiger charge is 2.32. The summed E-state index contributed by atoms with van der Waals surface area (Å²) < 4.78 is 5.94. The van der Waals surface area contributed by atoms with Gasteiger partial charge in [0.1, 0.15) is 28.2 Å². The first-order chi connectivity index (χ1) is 13.8. The second kappa shape index (κ2) is 8.86. The monoisotopic (exact) mass is 417 g/mol. The van der Waals surface area contributed by atoms with E-state index in [1.165, 1.54) is 6.07 Å². The molecule has 0 aliphatic carbocycles. The third kappa shape index (κ3) is 4.40. The van der Waals surface area contributed by atoms with Crippen LogP contribution in [0.25, 0.3) is 16.5 Å². The van der Waals surface area contributed by atoms with Crippen LogP contribution in [0.15, 0.2) is 52.2 Å². The number of fused-ring (bicyclic) bond motifs is 1. The summed E-state index contributed by atoms with van der Waals surface area (Å²) in [7, 11) is 1.90. The number of piperidine rings is 1. The van der Waals surface area contributed by atoms with Gasteiger partial charge in [0.25, 0.3) is 0 Å². The Morgan fingerprint density at radius 2 is 2.10 bits per heavy atom. The molecule has 29 heavy (non-hydrogen) atoms. The number of rotatable bonds is 5. The van der Waals surface area contributed by atoms with E-state index in [0.29, 0.717) is 30.0 Å². The predicted octanol–water partition coefficient (Wildman–Crippen LogP) is 3.35. The molecule has 0 saturated carbocycles. The summed E-state index contributed by atoms with van der Waals surface area (Å²) in [5.41, 5.74) is 0.398. The van der Waals surface area contributed by atoms with E-state index >= 15 is 0 Å². The number of aliphatic hydroxyl groups is 1. The Labute approximate surface area is 173 Å². The molecular formula is C22H24ClNO5. The van der Waals surface area contributed by atoms with Crippen LogP contribution in [0.5, 0.6) is 11.5 Å². The molecule has 154 valence electrons. The molecule has 0 unspecified atom stereocenters. The minimum absolute atomic E-state index is 0.0218. The Kier molecular flexibility index (Phi) is 6.47. The summed E-state index contributed by atoms with van der Waals surface area (Å²) in [5.74, 6) is -0.414. The fourth-order valence-electron chi connectivity index (χ4n) is 3.65. The van der Waals surface area contributed by atoms with Gasteiger partial charge in [-0.1, -0.05) is 30.9 Å². The van der Waals surface area contributed by atoms with E-state index in [4.69, 9.17) is 16.0 Å². The van der Waals surface area contributed by atoms with E-state index in [2.05, 4.69) is 6.58 Å². The van der Waals surface area contributed by atoms with E-state index in [0.717, 1.165) is 12.6 Å². The molecule has 3 N–H and O–H groups in total. The van der Waals surface area contributed by atoms with Crippen molar-refractivity contribution in [2.45, 2.75) is 18.4 Å². The lowest BCUT2D eigenvalue weighted by atomic mass is 9.85.